The lowest BCUT2D eigenvalue weighted by atomic mass is 10.1. The van der Waals surface area contributed by atoms with Crippen molar-refractivity contribution in [3.63, 3.8) is 0 Å². The molecule has 11 aromatic rings. The van der Waals surface area contributed by atoms with Crippen LogP contribution in [0.1, 0.15) is 0 Å². The van der Waals surface area contributed by atoms with Crippen LogP contribution in [0.4, 0.5) is 33.9 Å². The molecule has 0 aliphatic rings. The predicted molar refractivity (Wildman–Crippen MR) is 201 cm³/mol. The summed E-state index contributed by atoms with van der Waals surface area (Å²) < 4.78 is 24.8. The molecule has 4 aromatic carbocycles. The van der Waals surface area contributed by atoms with E-state index in [-0.39, 0.29) is 0 Å². The fourth-order valence-corrected chi connectivity index (χ4v) is 7.66. The van der Waals surface area contributed by atoms with Crippen LogP contribution in [-0.2, 0) is 0 Å². The summed E-state index contributed by atoms with van der Waals surface area (Å²) in [6.45, 7) is 0. The van der Waals surface area contributed by atoms with E-state index in [0.717, 1.165) is 65.6 Å². The zero-order valence-electron chi connectivity index (χ0n) is 26.6. The highest BCUT2D eigenvalue weighted by Crippen LogP contribution is 2.42. The third kappa shape index (κ3) is 4.37. The molecule has 7 heterocycles. The van der Waals surface area contributed by atoms with Crippen molar-refractivity contribution in [1.29, 1.82) is 0 Å². The number of para-hydroxylation sites is 2. The average Bonchev–Trinajstić information content (AvgIpc) is 4.01. The average molecular weight is 682 g/mol. The zero-order chi connectivity index (χ0) is 33.5. The number of furan rings is 4. The van der Waals surface area contributed by atoms with E-state index in [9.17, 15) is 0 Å². The summed E-state index contributed by atoms with van der Waals surface area (Å²) in [4.78, 5) is 9.02. The van der Waals surface area contributed by atoms with Crippen molar-refractivity contribution in [2.75, 3.05) is 9.80 Å². The minimum absolute atomic E-state index is 0.452. The molecular formula is C41H23N5O4S. The highest BCUT2D eigenvalue weighted by molar-refractivity contribution is 7.14. The van der Waals surface area contributed by atoms with Gasteiger partial charge in [-0.1, -0.05) is 36.4 Å². The molecule has 0 atom stereocenters. The molecule has 0 radical (unpaired) electrons. The van der Waals surface area contributed by atoms with E-state index >= 15 is 0 Å². The summed E-state index contributed by atoms with van der Waals surface area (Å²) in [5, 5.41) is 17.4. The van der Waals surface area contributed by atoms with Gasteiger partial charge in [-0.2, -0.15) is 4.98 Å². The van der Waals surface area contributed by atoms with Crippen molar-refractivity contribution in [2.24, 2.45) is 0 Å². The van der Waals surface area contributed by atoms with Gasteiger partial charge in [0.15, 0.2) is 11.4 Å². The molecule has 0 saturated carbocycles. The monoisotopic (exact) mass is 681 g/mol. The van der Waals surface area contributed by atoms with Crippen molar-refractivity contribution >= 4 is 111 Å². The summed E-state index contributed by atoms with van der Waals surface area (Å²) in [5.74, 6) is 1.79. The van der Waals surface area contributed by atoms with Gasteiger partial charge < -0.3 is 17.7 Å². The Kier molecular flexibility index (Phi) is 5.92. The maximum absolute atomic E-state index is 6.43. The number of anilines is 6. The van der Waals surface area contributed by atoms with Crippen molar-refractivity contribution in [3.8, 4) is 0 Å². The molecule has 0 spiro atoms. The van der Waals surface area contributed by atoms with Gasteiger partial charge in [0.25, 0.3) is 0 Å². The van der Waals surface area contributed by atoms with Crippen LogP contribution in [0.2, 0.25) is 0 Å². The second kappa shape index (κ2) is 10.8. The molecule has 51 heavy (non-hydrogen) atoms. The number of pyridine rings is 1. The Hall–Kier alpha value is -6.91. The van der Waals surface area contributed by atoms with Crippen molar-refractivity contribution in [1.82, 2.24) is 15.2 Å². The molecule has 9 nitrogen and oxygen atoms in total. The van der Waals surface area contributed by atoms with Crippen molar-refractivity contribution in [2.45, 2.75) is 0 Å². The molecule has 242 valence electrons. The Bertz CT molecular complexity index is 2860. The summed E-state index contributed by atoms with van der Waals surface area (Å²) >= 11 is 1.63. The van der Waals surface area contributed by atoms with Crippen LogP contribution in [0.3, 0.4) is 0 Å². The van der Waals surface area contributed by atoms with Crippen LogP contribution in [0, 0.1) is 0 Å². The quantitative estimate of drug-likeness (QED) is 0.170. The maximum atomic E-state index is 6.43. The molecule has 11 rings (SSSR count). The van der Waals surface area contributed by atoms with E-state index in [1.807, 2.05) is 89.8 Å². The maximum Gasteiger partial charge on any atom is 0.231 e. The smallest absolute Gasteiger partial charge is 0.231 e. The first kappa shape index (κ1) is 28.0. The van der Waals surface area contributed by atoms with Crippen LogP contribution in [-0.4, -0.2) is 15.2 Å². The molecule has 7 aromatic heterocycles. The van der Waals surface area contributed by atoms with E-state index in [4.69, 9.17) is 22.7 Å². The molecule has 0 aliphatic carbocycles. The first-order valence-electron chi connectivity index (χ1n) is 16.3. The highest BCUT2D eigenvalue weighted by Gasteiger charge is 2.23. The number of hydrogen-bond donors (Lipinski definition) is 0. The fourth-order valence-electron chi connectivity index (χ4n) is 6.90. The first-order valence-corrected chi connectivity index (χ1v) is 17.2. The number of benzene rings is 4. The van der Waals surface area contributed by atoms with Gasteiger partial charge in [-0.15, -0.1) is 21.5 Å². The number of thiophene rings is 1. The third-order valence-corrected chi connectivity index (χ3v) is 10.1. The number of hydrogen-bond acceptors (Lipinski definition) is 10. The van der Waals surface area contributed by atoms with Crippen LogP contribution in [0.25, 0.3) is 66.1 Å². The molecule has 0 saturated heterocycles. The Morgan fingerprint density at radius 3 is 1.86 bits per heavy atom. The molecule has 0 aliphatic heterocycles. The number of nitrogens with zero attached hydrogens (tertiary/aromatic N) is 5. The summed E-state index contributed by atoms with van der Waals surface area (Å²) in [7, 11) is 0. The van der Waals surface area contributed by atoms with E-state index in [1.165, 1.54) is 0 Å². The van der Waals surface area contributed by atoms with Crippen LogP contribution in [0.15, 0.2) is 157 Å². The minimum atomic E-state index is 0.452. The minimum Gasteiger partial charge on any atom is -0.456 e. The van der Waals surface area contributed by atoms with Gasteiger partial charge in [-0.05, 0) is 72.1 Å². The number of rotatable bonds is 6. The summed E-state index contributed by atoms with van der Waals surface area (Å²) in [6.07, 6.45) is 1.63. The van der Waals surface area contributed by atoms with E-state index < -0.39 is 0 Å². The SMILES string of the molecule is c1coc(N(c2ccc3c(c2)oc2ccccc23)c2cc3oc4nc(N(c5ccc6c(c5)oc5ccccc56)c5cccs5)ccc4c3nn2)c1. The lowest BCUT2D eigenvalue weighted by Crippen LogP contribution is -2.11. The molecule has 0 amide bonds. The molecular weight excluding hydrogens is 659 g/mol. The van der Waals surface area contributed by atoms with E-state index in [0.29, 0.717) is 34.3 Å². The van der Waals surface area contributed by atoms with Gasteiger partial charge in [-0.25, -0.2) is 0 Å². The van der Waals surface area contributed by atoms with Gasteiger partial charge in [0.05, 0.1) is 23.0 Å². The van der Waals surface area contributed by atoms with Gasteiger partial charge in [-0.3, -0.25) is 9.80 Å². The van der Waals surface area contributed by atoms with Crippen molar-refractivity contribution < 1.29 is 17.7 Å². The van der Waals surface area contributed by atoms with Crippen LogP contribution >= 0.6 is 11.3 Å². The lowest BCUT2D eigenvalue weighted by Gasteiger charge is -2.22. The normalized spacial score (nSPS) is 11.9. The molecule has 0 unspecified atom stereocenters. The standard InChI is InChI=1S/C41H23N5O4S/c1-3-9-31-26(7-1)28-15-13-24(21-33(28)48-31)45(38-11-5-19-47-38)37-23-35-40(44-43-37)30-17-18-36(42-41(30)50-35)46(39-12-6-20-51-39)25-14-16-29-27-8-2-4-10-32(27)49-34(29)22-25/h1-23H. The van der Waals surface area contributed by atoms with Crippen molar-refractivity contribution in [3.05, 3.63) is 139 Å². The van der Waals surface area contributed by atoms with Gasteiger partial charge in [0.1, 0.15) is 38.7 Å². The molecule has 10 heteroatoms. The molecule has 0 bridgehead atoms. The van der Waals surface area contributed by atoms with Gasteiger partial charge in [0, 0.05) is 45.8 Å². The van der Waals surface area contributed by atoms with Gasteiger partial charge in [0.2, 0.25) is 11.6 Å². The largest absolute Gasteiger partial charge is 0.456 e. The first-order chi connectivity index (χ1) is 25.2. The van der Waals surface area contributed by atoms with Crippen LogP contribution in [0.5, 0.6) is 0 Å². The zero-order valence-corrected chi connectivity index (χ0v) is 27.4. The Morgan fingerprint density at radius 2 is 1.18 bits per heavy atom. The van der Waals surface area contributed by atoms with Crippen LogP contribution < -0.4 is 9.80 Å². The Balaban J connectivity index is 1.02. The lowest BCUT2D eigenvalue weighted by molar-refractivity contribution is 0.572. The summed E-state index contributed by atoms with van der Waals surface area (Å²) in [6, 6.07) is 42.0. The Labute approximate surface area is 292 Å². The second-order valence-electron chi connectivity index (χ2n) is 12.2. The Morgan fingerprint density at radius 1 is 0.490 bits per heavy atom. The van der Waals surface area contributed by atoms with E-state index in [1.54, 1.807) is 17.6 Å². The summed E-state index contributed by atoms with van der Waals surface area (Å²) in [5.41, 5.74) is 6.59. The number of fused-ring (bicyclic) bond motifs is 9. The number of aromatic nitrogens is 3. The molecule has 0 fully saturated rings. The third-order valence-electron chi connectivity index (χ3n) is 9.21. The predicted octanol–water partition coefficient (Wildman–Crippen LogP) is 12.2. The fraction of sp³-hybridized carbons (Fsp3) is 0. The highest BCUT2D eigenvalue weighted by atomic mass is 32.1. The van der Waals surface area contributed by atoms with E-state index in [2.05, 4.69) is 62.9 Å². The molecule has 0 N–H and O–H groups in total. The van der Waals surface area contributed by atoms with Gasteiger partial charge >= 0.3 is 0 Å². The second-order valence-corrected chi connectivity index (χ2v) is 13.1. The topological polar surface area (TPSA) is 97.7 Å².